The summed E-state index contributed by atoms with van der Waals surface area (Å²) < 4.78 is 0. The van der Waals surface area contributed by atoms with Crippen molar-refractivity contribution in [2.45, 2.75) is 0 Å². The Balaban J connectivity index is 1.40. The minimum Gasteiger partial charge on any atom is -0.368 e. The lowest BCUT2D eigenvalue weighted by Crippen LogP contribution is -2.47. The fraction of sp³-hybridized carbons (Fsp3) is 0.167. The number of nitro benzene ring substituents is 1. The van der Waals surface area contributed by atoms with E-state index in [0.29, 0.717) is 11.8 Å². The zero-order valence-electron chi connectivity index (χ0n) is 17.4. The molecular weight excluding hydrogens is 404 g/mol. The summed E-state index contributed by atoms with van der Waals surface area (Å²) in [4.78, 5) is 24.7. The Morgan fingerprint density at radius 1 is 0.781 bits per heavy atom. The standard InChI is InChI=1S/C24H22N6O2/c31-30(32)20-12-10-18(11-13-20)25-23-21-8-4-5-9-22(21)26-24(27-23)29-16-14-28(15-17-29)19-6-2-1-3-7-19/h1-13H,14-17H2,(H,25,26,27). The first-order valence-electron chi connectivity index (χ1n) is 10.5. The third-order valence-corrected chi connectivity index (χ3v) is 5.62. The van der Waals surface area contributed by atoms with Gasteiger partial charge in [-0.25, -0.2) is 4.98 Å². The SMILES string of the molecule is O=[N+]([O-])c1ccc(Nc2nc(N3CCN(c4ccccc4)CC3)nc3ccccc23)cc1. The number of hydrogen-bond acceptors (Lipinski definition) is 7. The van der Waals surface area contributed by atoms with E-state index >= 15 is 0 Å². The van der Waals surface area contributed by atoms with E-state index in [2.05, 4.69) is 39.4 Å². The Kier molecular flexibility index (Phi) is 5.25. The number of anilines is 4. The maximum absolute atomic E-state index is 10.9. The summed E-state index contributed by atoms with van der Waals surface area (Å²) >= 11 is 0. The maximum Gasteiger partial charge on any atom is 0.269 e. The lowest BCUT2D eigenvalue weighted by Gasteiger charge is -2.36. The number of nitro groups is 1. The van der Waals surface area contributed by atoms with Crippen molar-refractivity contribution >= 4 is 39.7 Å². The normalized spacial score (nSPS) is 13.9. The third-order valence-electron chi connectivity index (χ3n) is 5.62. The largest absolute Gasteiger partial charge is 0.368 e. The summed E-state index contributed by atoms with van der Waals surface area (Å²) in [6.07, 6.45) is 0. The average Bonchev–Trinajstić information content (AvgIpc) is 2.85. The topological polar surface area (TPSA) is 87.4 Å². The third kappa shape index (κ3) is 4.02. The number of aromatic nitrogens is 2. The molecule has 8 nitrogen and oxygen atoms in total. The Bertz CT molecular complexity index is 1240. The molecule has 0 bridgehead atoms. The first-order valence-corrected chi connectivity index (χ1v) is 10.5. The van der Waals surface area contributed by atoms with Crippen molar-refractivity contribution in [3.8, 4) is 0 Å². The van der Waals surface area contributed by atoms with Gasteiger partial charge in [0.1, 0.15) is 5.82 Å². The number of piperazine rings is 1. The lowest BCUT2D eigenvalue weighted by molar-refractivity contribution is -0.384. The van der Waals surface area contributed by atoms with Gasteiger partial charge in [-0.2, -0.15) is 4.98 Å². The molecule has 0 spiro atoms. The Morgan fingerprint density at radius 2 is 1.44 bits per heavy atom. The monoisotopic (exact) mass is 426 g/mol. The molecule has 1 saturated heterocycles. The number of hydrogen-bond donors (Lipinski definition) is 1. The minimum atomic E-state index is -0.406. The zero-order chi connectivity index (χ0) is 21.9. The van der Waals surface area contributed by atoms with Crippen LogP contribution in [0.15, 0.2) is 78.9 Å². The number of rotatable bonds is 5. The second-order valence-corrected chi connectivity index (χ2v) is 7.63. The van der Waals surface area contributed by atoms with E-state index in [1.54, 1.807) is 12.1 Å². The molecule has 2 heterocycles. The van der Waals surface area contributed by atoms with E-state index in [1.165, 1.54) is 17.8 Å². The zero-order valence-corrected chi connectivity index (χ0v) is 17.4. The van der Waals surface area contributed by atoms with Crippen LogP contribution in [-0.2, 0) is 0 Å². The van der Waals surface area contributed by atoms with Crippen molar-refractivity contribution in [2.75, 3.05) is 41.3 Å². The molecule has 1 aromatic heterocycles. The van der Waals surface area contributed by atoms with Crippen LogP contribution in [0.1, 0.15) is 0 Å². The van der Waals surface area contributed by atoms with E-state index in [9.17, 15) is 10.1 Å². The number of nitrogens with one attached hydrogen (secondary N) is 1. The van der Waals surface area contributed by atoms with E-state index in [0.717, 1.165) is 42.8 Å². The predicted molar refractivity (Wildman–Crippen MR) is 127 cm³/mol. The van der Waals surface area contributed by atoms with Gasteiger partial charge in [0, 0.05) is 55.1 Å². The van der Waals surface area contributed by atoms with Crippen LogP contribution in [0.2, 0.25) is 0 Å². The van der Waals surface area contributed by atoms with Crippen LogP contribution >= 0.6 is 0 Å². The molecule has 1 aliphatic rings. The predicted octanol–water partition coefficient (Wildman–Crippen LogP) is 4.61. The molecule has 1 aliphatic heterocycles. The molecule has 160 valence electrons. The molecule has 0 unspecified atom stereocenters. The number of benzene rings is 3. The first kappa shape index (κ1) is 19.7. The van der Waals surface area contributed by atoms with E-state index in [-0.39, 0.29) is 5.69 Å². The summed E-state index contributed by atoms with van der Waals surface area (Å²) in [5.74, 6) is 1.37. The molecule has 8 heteroatoms. The van der Waals surface area contributed by atoms with Crippen molar-refractivity contribution < 1.29 is 4.92 Å². The lowest BCUT2D eigenvalue weighted by atomic mass is 10.2. The molecule has 4 aromatic rings. The molecule has 0 saturated carbocycles. The van der Waals surface area contributed by atoms with Crippen molar-refractivity contribution in [2.24, 2.45) is 0 Å². The van der Waals surface area contributed by atoms with E-state index in [4.69, 9.17) is 9.97 Å². The van der Waals surface area contributed by atoms with Crippen molar-refractivity contribution in [1.29, 1.82) is 0 Å². The smallest absolute Gasteiger partial charge is 0.269 e. The molecule has 1 fully saturated rings. The van der Waals surface area contributed by atoms with Crippen LogP contribution in [0.3, 0.4) is 0 Å². The number of fused-ring (bicyclic) bond motifs is 1. The number of nitrogens with zero attached hydrogens (tertiary/aromatic N) is 5. The highest BCUT2D eigenvalue weighted by Crippen LogP contribution is 2.28. The fourth-order valence-electron chi connectivity index (χ4n) is 3.91. The van der Waals surface area contributed by atoms with Crippen LogP contribution in [-0.4, -0.2) is 41.1 Å². The first-order chi connectivity index (χ1) is 15.7. The Morgan fingerprint density at radius 3 is 2.16 bits per heavy atom. The highest BCUT2D eigenvalue weighted by molar-refractivity contribution is 5.91. The van der Waals surface area contributed by atoms with E-state index in [1.807, 2.05) is 30.3 Å². The number of non-ortho nitro benzene ring substituents is 1. The van der Waals surface area contributed by atoms with Crippen LogP contribution in [0.5, 0.6) is 0 Å². The Labute approximate surface area is 185 Å². The maximum atomic E-state index is 10.9. The van der Waals surface area contributed by atoms with Crippen LogP contribution in [0.4, 0.5) is 28.8 Å². The van der Waals surface area contributed by atoms with Gasteiger partial charge in [-0.3, -0.25) is 10.1 Å². The summed E-state index contributed by atoms with van der Waals surface area (Å²) in [5, 5.41) is 15.2. The highest BCUT2D eigenvalue weighted by atomic mass is 16.6. The van der Waals surface area contributed by atoms with Gasteiger partial charge in [0.15, 0.2) is 0 Å². The van der Waals surface area contributed by atoms with Gasteiger partial charge in [-0.05, 0) is 36.4 Å². The molecule has 0 atom stereocenters. The molecular formula is C24H22N6O2. The summed E-state index contributed by atoms with van der Waals surface area (Å²) in [6.45, 7) is 3.44. The van der Waals surface area contributed by atoms with Gasteiger partial charge in [-0.1, -0.05) is 30.3 Å². The summed E-state index contributed by atoms with van der Waals surface area (Å²) in [7, 11) is 0. The second-order valence-electron chi connectivity index (χ2n) is 7.63. The van der Waals surface area contributed by atoms with Crippen LogP contribution < -0.4 is 15.1 Å². The Hall–Kier alpha value is -4.20. The average molecular weight is 426 g/mol. The molecule has 3 aromatic carbocycles. The molecule has 0 aliphatic carbocycles. The van der Waals surface area contributed by atoms with Crippen molar-refractivity contribution in [3.05, 3.63) is 89.0 Å². The van der Waals surface area contributed by atoms with Gasteiger partial charge < -0.3 is 15.1 Å². The van der Waals surface area contributed by atoms with Crippen LogP contribution in [0.25, 0.3) is 10.9 Å². The number of para-hydroxylation sites is 2. The van der Waals surface area contributed by atoms with Gasteiger partial charge in [0.2, 0.25) is 5.95 Å². The van der Waals surface area contributed by atoms with Gasteiger partial charge in [0.25, 0.3) is 5.69 Å². The molecule has 32 heavy (non-hydrogen) atoms. The van der Waals surface area contributed by atoms with Crippen molar-refractivity contribution in [1.82, 2.24) is 9.97 Å². The minimum absolute atomic E-state index is 0.0556. The molecule has 5 rings (SSSR count). The molecule has 0 radical (unpaired) electrons. The molecule has 0 amide bonds. The van der Waals surface area contributed by atoms with Gasteiger partial charge in [0.05, 0.1) is 10.4 Å². The van der Waals surface area contributed by atoms with Gasteiger partial charge in [-0.15, -0.1) is 0 Å². The van der Waals surface area contributed by atoms with Crippen LogP contribution in [0, 0.1) is 10.1 Å². The fourth-order valence-corrected chi connectivity index (χ4v) is 3.91. The van der Waals surface area contributed by atoms with Crippen molar-refractivity contribution in [3.63, 3.8) is 0 Å². The summed E-state index contributed by atoms with van der Waals surface area (Å²) in [6, 6.07) is 24.6. The highest BCUT2D eigenvalue weighted by Gasteiger charge is 2.20. The molecule has 1 N–H and O–H groups in total. The quantitative estimate of drug-likeness (QED) is 0.368. The second kappa shape index (κ2) is 8.50. The van der Waals surface area contributed by atoms with Gasteiger partial charge >= 0.3 is 0 Å². The van der Waals surface area contributed by atoms with E-state index < -0.39 is 4.92 Å². The summed E-state index contributed by atoms with van der Waals surface area (Å²) in [5.41, 5.74) is 2.87.